The highest BCUT2D eigenvalue weighted by molar-refractivity contribution is 5.95. The van der Waals surface area contributed by atoms with E-state index in [1.54, 1.807) is 54.5 Å². The first kappa shape index (κ1) is 34.2. The number of phenolic OH excluding ortho intramolecular Hbond substituents is 1. The van der Waals surface area contributed by atoms with Crippen molar-refractivity contribution in [3.63, 3.8) is 0 Å². The maximum absolute atomic E-state index is 14.2. The minimum absolute atomic E-state index is 0.00366. The molecule has 0 heterocycles. The van der Waals surface area contributed by atoms with Crippen molar-refractivity contribution >= 4 is 29.8 Å². The molecule has 12 heteroatoms. The summed E-state index contributed by atoms with van der Waals surface area (Å²) in [6.07, 6.45) is -1.17. The molecule has 0 saturated carbocycles. The van der Waals surface area contributed by atoms with Crippen LogP contribution in [0.4, 0.5) is 4.79 Å². The fourth-order valence-electron chi connectivity index (χ4n) is 3.85. The molecule has 12 nitrogen and oxygen atoms in total. The lowest BCUT2D eigenvalue weighted by Crippen LogP contribution is -2.60. The summed E-state index contributed by atoms with van der Waals surface area (Å²) in [7, 11) is 0. The van der Waals surface area contributed by atoms with Crippen LogP contribution in [-0.2, 0) is 28.7 Å². The van der Waals surface area contributed by atoms with Gasteiger partial charge in [-0.3, -0.25) is 19.2 Å². The number of aryl methyl sites for hydroxylation is 1. The first-order valence-electron chi connectivity index (χ1n) is 13.3. The van der Waals surface area contributed by atoms with Gasteiger partial charge in [0.15, 0.2) is 0 Å². The fraction of sp³-hybridized carbons (Fsp3) is 0.607. The Labute approximate surface area is 235 Å². The Balaban J connectivity index is 3.63. The smallest absolute Gasteiger partial charge is 0.408 e. The number of carbonyl (C=O) groups excluding carboxylic acids is 5. The molecule has 0 spiro atoms. The van der Waals surface area contributed by atoms with Gasteiger partial charge in [-0.05, 0) is 78.1 Å². The minimum Gasteiger partial charge on any atom is -0.508 e. The van der Waals surface area contributed by atoms with E-state index in [1.807, 2.05) is 6.92 Å². The van der Waals surface area contributed by atoms with Crippen LogP contribution >= 0.6 is 0 Å². The van der Waals surface area contributed by atoms with Crippen LogP contribution < -0.4 is 16.4 Å². The van der Waals surface area contributed by atoms with Crippen LogP contribution in [0.3, 0.4) is 0 Å². The van der Waals surface area contributed by atoms with Gasteiger partial charge >= 0.3 is 12.1 Å². The van der Waals surface area contributed by atoms with E-state index >= 15 is 0 Å². The standard InChI is InChI=1S/C28H44N4O8/c1-9-28(7,8)32(25(37)19(16-21(29)34)31-26(38)40-27(4,5)6)23(18-11-12-20(33)17(3)15-18)24(36)30-14-13-22(35)39-10-2/h11-12,15,19,23,33H,9-10,13-14,16H2,1-8H3,(H2,29,34)(H,30,36)(H,31,38). The number of nitrogens with zero attached hydrogens (tertiary/aromatic N) is 1. The Bertz CT molecular complexity index is 1080. The molecular formula is C28H44N4O8. The molecule has 0 aromatic heterocycles. The van der Waals surface area contributed by atoms with E-state index in [0.29, 0.717) is 17.5 Å². The Morgan fingerprint density at radius 1 is 1.07 bits per heavy atom. The topological polar surface area (TPSA) is 177 Å². The van der Waals surface area contributed by atoms with Gasteiger partial charge in [-0.2, -0.15) is 0 Å². The van der Waals surface area contributed by atoms with Crippen LogP contribution in [0.5, 0.6) is 5.75 Å². The summed E-state index contributed by atoms with van der Waals surface area (Å²) in [5, 5.41) is 15.2. The summed E-state index contributed by atoms with van der Waals surface area (Å²) in [6.45, 7) is 13.7. The SMILES string of the molecule is CCOC(=O)CCNC(=O)C(c1ccc(O)c(C)c1)N(C(=O)C(CC(N)=O)NC(=O)OC(C)(C)C)C(C)(C)CC. The summed E-state index contributed by atoms with van der Waals surface area (Å²) < 4.78 is 10.2. The largest absolute Gasteiger partial charge is 0.508 e. The number of phenols is 1. The first-order valence-corrected chi connectivity index (χ1v) is 13.3. The predicted octanol–water partition coefficient (Wildman–Crippen LogP) is 2.60. The van der Waals surface area contributed by atoms with Gasteiger partial charge in [0.25, 0.3) is 0 Å². The van der Waals surface area contributed by atoms with E-state index in [4.69, 9.17) is 15.2 Å². The van der Waals surface area contributed by atoms with Gasteiger partial charge in [-0.1, -0.05) is 13.0 Å². The molecule has 1 aromatic rings. The van der Waals surface area contributed by atoms with Gasteiger partial charge < -0.3 is 35.8 Å². The summed E-state index contributed by atoms with van der Waals surface area (Å²) in [6, 6.07) is 1.78. The van der Waals surface area contributed by atoms with E-state index < -0.39 is 59.4 Å². The van der Waals surface area contributed by atoms with Gasteiger partial charge in [0.05, 0.1) is 19.4 Å². The van der Waals surface area contributed by atoms with Crippen molar-refractivity contribution in [1.29, 1.82) is 0 Å². The number of ether oxygens (including phenoxy) is 2. The summed E-state index contributed by atoms with van der Waals surface area (Å²) in [4.78, 5) is 65.6. The normalized spacial score (nSPS) is 13.0. The molecule has 0 aliphatic carbocycles. The molecule has 2 unspecified atom stereocenters. The van der Waals surface area contributed by atoms with Gasteiger partial charge in [0.1, 0.15) is 23.4 Å². The van der Waals surface area contributed by atoms with Crippen molar-refractivity contribution in [2.24, 2.45) is 5.73 Å². The van der Waals surface area contributed by atoms with Crippen LogP contribution in [0.1, 0.15) is 84.9 Å². The van der Waals surface area contributed by atoms with Gasteiger partial charge in [0.2, 0.25) is 17.7 Å². The quantitative estimate of drug-likeness (QED) is 0.264. The number of primary amides is 1. The van der Waals surface area contributed by atoms with Crippen LogP contribution in [0.15, 0.2) is 18.2 Å². The number of rotatable bonds is 13. The van der Waals surface area contributed by atoms with Crippen molar-refractivity contribution in [1.82, 2.24) is 15.5 Å². The molecule has 0 aliphatic heterocycles. The van der Waals surface area contributed by atoms with E-state index in [-0.39, 0.29) is 25.3 Å². The van der Waals surface area contributed by atoms with E-state index in [1.165, 1.54) is 17.0 Å². The maximum Gasteiger partial charge on any atom is 0.408 e. The predicted molar refractivity (Wildman–Crippen MR) is 148 cm³/mol. The number of nitrogens with one attached hydrogen (secondary N) is 2. The monoisotopic (exact) mass is 564 g/mol. The minimum atomic E-state index is -1.44. The molecule has 1 aromatic carbocycles. The lowest BCUT2D eigenvalue weighted by atomic mass is 9.91. The third-order valence-electron chi connectivity index (χ3n) is 6.13. The second-order valence-electron chi connectivity index (χ2n) is 11.0. The number of hydrogen-bond acceptors (Lipinski definition) is 8. The van der Waals surface area contributed by atoms with Crippen molar-refractivity contribution in [2.45, 2.75) is 97.9 Å². The number of hydrogen-bond donors (Lipinski definition) is 4. The van der Waals surface area contributed by atoms with E-state index in [0.717, 1.165) is 0 Å². The molecule has 1 rings (SSSR count). The number of nitrogens with two attached hydrogens (primary N) is 1. The maximum atomic E-state index is 14.2. The highest BCUT2D eigenvalue weighted by Crippen LogP contribution is 2.34. The van der Waals surface area contributed by atoms with Crippen LogP contribution in [0.2, 0.25) is 0 Å². The van der Waals surface area contributed by atoms with Crippen LogP contribution in [0.25, 0.3) is 0 Å². The second kappa shape index (κ2) is 14.5. The first-order chi connectivity index (χ1) is 18.4. The molecule has 40 heavy (non-hydrogen) atoms. The molecule has 5 N–H and O–H groups in total. The average molecular weight is 565 g/mol. The van der Waals surface area contributed by atoms with Crippen molar-refractivity contribution in [3.8, 4) is 5.75 Å². The zero-order chi connectivity index (χ0) is 30.8. The van der Waals surface area contributed by atoms with Crippen molar-refractivity contribution in [2.75, 3.05) is 13.2 Å². The molecule has 0 aliphatic rings. The number of aromatic hydroxyl groups is 1. The van der Waals surface area contributed by atoms with Gasteiger partial charge in [0, 0.05) is 12.1 Å². The lowest BCUT2D eigenvalue weighted by Gasteiger charge is -2.44. The average Bonchev–Trinajstić information content (AvgIpc) is 2.82. The Morgan fingerprint density at radius 2 is 1.70 bits per heavy atom. The van der Waals surface area contributed by atoms with E-state index in [9.17, 15) is 29.1 Å². The zero-order valence-corrected chi connectivity index (χ0v) is 24.8. The third kappa shape index (κ3) is 10.4. The highest BCUT2D eigenvalue weighted by atomic mass is 16.6. The summed E-state index contributed by atoms with van der Waals surface area (Å²) >= 11 is 0. The molecule has 224 valence electrons. The molecule has 0 bridgehead atoms. The third-order valence-corrected chi connectivity index (χ3v) is 6.13. The van der Waals surface area contributed by atoms with E-state index in [2.05, 4.69) is 10.6 Å². The Hall–Kier alpha value is -3.83. The fourth-order valence-corrected chi connectivity index (χ4v) is 3.85. The molecule has 0 saturated heterocycles. The van der Waals surface area contributed by atoms with Gasteiger partial charge in [-0.15, -0.1) is 0 Å². The number of esters is 1. The number of amides is 4. The lowest BCUT2D eigenvalue weighted by molar-refractivity contribution is -0.150. The molecule has 0 fully saturated rings. The Kier molecular flexibility index (Phi) is 12.4. The molecule has 2 atom stereocenters. The second-order valence-corrected chi connectivity index (χ2v) is 11.0. The summed E-state index contributed by atoms with van der Waals surface area (Å²) in [5.74, 6) is -2.70. The van der Waals surface area contributed by atoms with Crippen LogP contribution in [0, 0.1) is 6.92 Å². The Morgan fingerprint density at radius 3 is 2.20 bits per heavy atom. The van der Waals surface area contributed by atoms with Gasteiger partial charge in [-0.25, -0.2) is 4.79 Å². The highest BCUT2D eigenvalue weighted by Gasteiger charge is 2.43. The van der Waals surface area contributed by atoms with Crippen LogP contribution in [-0.4, -0.2) is 70.1 Å². The molecular weight excluding hydrogens is 520 g/mol. The number of benzene rings is 1. The number of alkyl carbamates (subject to hydrolysis) is 1. The molecule has 0 radical (unpaired) electrons. The van der Waals surface area contributed by atoms with Crippen molar-refractivity contribution < 1.29 is 38.6 Å². The number of carbonyl (C=O) groups is 5. The summed E-state index contributed by atoms with van der Waals surface area (Å²) in [5.41, 5.74) is 4.40. The van der Waals surface area contributed by atoms with Crippen molar-refractivity contribution in [3.05, 3.63) is 29.3 Å². The zero-order valence-electron chi connectivity index (χ0n) is 24.8. The molecule has 4 amide bonds.